The Balaban J connectivity index is 0.00000203. The van der Waals surface area contributed by atoms with Gasteiger partial charge in [0.05, 0.1) is 47.6 Å². The number of nitrogens with zero attached hydrogens (tertiary/aromatic N) is 1. The van der Waals surface area contributed by atoms with E-state index in [2.05, 4.69) is 5.14 Å². The lowest BCUT2D eigenvalue weighted by Gasteiger charge is -2.49. The van der Waals surface area contributed by atoms with Crippen LogP contribution in [0.2, 0.25) is 0 Å². The van der Waals surface area contributed by atoms with E-state index in [1.54, 1.807) is 41.5 Å². The number of esters is 1. The van der Waals surface area contributed by atoms with Gasteiger partial charge in [-0.3, -0.25) is 14.1 Å². The van der Waals surface area contributed by atoms with Crippen LogP contribution in [0.3, 0.4) is 0 Å². The zero-order valence-electron chi connectivity index (χ0n) is 35.2. The van der Waals surface area contributed by atoms with E-state index in [0.717, 1.165) is 0 Å². The number of Topliss-reactive ketones (excluding diaryl/α,β-unsaturated/α-hetero) is 1. The van der Waals surface area contributed by atoms with Crippen LogP contribution in [-0.4, -0.2) is 161 Å². The summed E-state index contributed by atoms with van der Waals surface area (Å²) in [5.74, 6) is -4.98. The zero-order valence-corrected chi connectivity index (χ0v) is 36.0. The maximum Gasteiger partial charge on any atom is 0.330 e. The van der Waals surface area contributed by atoms with E-state index in [4.69, 9.17) is 41.4 Å². The van der Waals surface area contributed by atoms with E-state index in [0.29, 0.717) is 6.42 Å². The number of likely N-dealkylation sites (N-methyl/N-ethyl adjacent to an activating group) is 1. The molecule has 0 amide bonds. The van der Waals surface area contributed by atoms with E-state index in [1.807, 2.05) is 25.9 Å². The molecule has 18 nitrogen and oxygen atoms in total. The highest BCUT2D eigenvalue weighted by molar-refractivity contribution is 7.83. The highest BCUT2D eigenvalue weighted by Crippen LogP contribution is 2.40. The zero-order chi connectivity index (χ0) is 43.5. The Hall–Kier alpha value is -1.43. The number of hydrogen-bond acceptors (Lipinski definition) is 16. The van der Waals surface area contributed by atoms with Crippen molar-refractivity contribution in [1.82, 2.24) is 4.90 Å². The molecule has 3 fully saturated rings. The normalized spacial score (nSPS) is 46.3. The maximum atomic E-state index is 14.1. The molecule has 0 bridgehead atoms. The van der Waals surface area contributed by atoms with Crippen LogP contribution in [0.15, 0.2) is 0 Å². The molecule has 0 aromatic heterocycles. The monoisotopic (exact) mass is 830 g/mol. The van der Waals surface area contributed by atoms with Crippen LogP contribution >= 0.6 is 0 Å². The Morgan fingerprint density at radius 2 is 1.46 bits per heavy atom. The molecule has 3 heterocycles. The van der Waals surface area contributed by atoms with Crippen molar-refractivity contribution in [1.29, 1.82) is 0 Å². The van der Waals surface area contributed by atoms with E-state index in [1.165, 1.54) is 27.9 Å². The van der Waals surface area contributed by atoms with Crippen molar-refractivity contribution in [2.45, 2.75) is 179 Å². The largest absolute Gasteiger partial charge is 0.459 e. The van der Waals surface area contributed by atoms with Crippen LogP contribution in [-0.2, 0) is 48.3 Å². The molecule has 18 atom stereocenters. The summed E-state index contributed by atoms with van der Waals surface area (Å²) in [6.07, 6.45) is -9.71. The van der Waals surface area contributed by atoms with Gasteiger partial charge in [0.2, 0.25) is 0 Å². The minimum atomic E-state index is -4.17. The van der Waals surface area contributed by atoms with Gasteiger partial charge in [-0.05, 0) is 74.9 Å². The second-order valence-corrected chi connectivity index (χ2v) is 18.0. The molecule has 56 heavy (non-hydrogen) atoms. The van der Waals surface area contributed by atoms with E-state index >= 15 is 0 Å². The first-order valence-corrected chi connectivity index (χ1v) is 20.7. The lowest BCUT2D eigenvalue weighted by atomic mass is 9.74. The van der Waals surface area contributed by atoms with Crippen molar-refractivity contribution in [3.8, 4) is 0 Å². The summed E-state index contributed by atoms with van der Waals surface area (Å²) in [5.41, 5.74) is -4.84. The van der Waals surface area contributed by atoms with Gasteiger partial charge < -0.3 is 58.9 Å². The number of hydrogen-bond donors (Lipinski definition) is 7. The maximum absolute atomic E-state index is 14.1. The van der Waals surface area contributed by atoms with Crippen LogP contribution < -0.4 is 5.14 Å². The van der Waals surface area contributed by atoms with Gasteiger partial charge in [-0.25, -0.2) is 5.14 Å². The minimum absolute atomic E-state index is 0.0936. The Kier molecular flexibility index (Phi) is 17.9. The number of ketones is 1. The summed E-state index contributed by atoms with van der Waals surface area (Å²) >= 11 is 0. The molecule has 0 unspecified atom stereocenters. The van der Waals surface area contributed by atoms with E-state index in [9.17, 15) is 35.1 Å². The first-order chi connectivity index (χ1) is 25.4. The average molecular weight is 831 g/mol. The van der Waals surface area contributed by atoms with Crippen LogP contribution in [0.5, 0.6) is 0 Å². The number of nitrogens with two attached hydrogens (primary N) is 1. The SMILES string of the molecule is CC[C@H]1OC(=O)[C@H](C)[C@@H](O[C@H]2C[C@@](C)(OC)[C@@H](O)[C@H](C)O2)[C@@H](C)[C@@H](O[C@@H]2O[C@H](C)C[C@H](N(C)C)[C@H]2O)[C@](C)(O)C[C@@H](C)C(=O)[C@H](C)[C@H](O)[C@]1(C)O.NS(=O)(=O)O. The standard InChI is InChI=1S/C37H67NO13.H3NO3S/c1-14-25-37(10,45)30(41)20(4)27(39)18(2)16-35(8,44)32(51-34-28(40)24(38(11)12)15-19(3)47-34)21(5)29(22(6)33(43)49-25)50-26-17-36(9,46-13)31(42)23(7)48-26;1-5(2,3)4/h18-26,28-32,34,40-42,44-45H,14-17H2,1-13H3;(H3,1,2,3,4)/t18-,19-,20+,21-,22-,23+,24+,25-,26+,28-,29+,30+,31+,32-,34+,35-,36-,37-;/m1./s1. The molecule has 0 aliphatic carbocycles. The smallest absolute Gasteiger partial charge is 0.330 e. The van der Waals surface area contributed by atoms with Crippen LogP contribution in [0, 0.1) is 23.7 Å². The number of aliphatic hydroxyl groups is 5. The van der Waals surface area contributed by atoms with Crippen LogP contribution in [0.1, 0.15) is 94.9 Å². The molecule has 3 saturated heterocycles. The van der Waals surface area contributed by atoms with Crippen LogP contribution in [0.25, 0.3) is 0 Å². The van der Waals surface area contributed by atoms with Gasteiger partial charge in [0.1, 0.15) is 29.7 Å². The summed E-state index contributed by atoms with van der Waals surface area (Å²) in [4.78, 5) is 29.8. The Morgan fingerprint density at radius 1 is 0.911 bits per heavy atom. The molecule has 3 aliphatic rings. The molecule has 8 N–H and O–H groups in total. The molecular formula is C37H70N2O16S. The molecular weight excluding hydrogens is 760 g/mol. The van der Waals surface area contributed by atoms with Gasteiger partial charge >= 0.3 is 16.3 Å². The third-order valence-electron chi connectivity index (χ3n) is 11.8. The summed E-state index contributed by atoms with van der Waals surface area (Å²) in [6.45, 7) is 16.3. The third kappa shape index (κ3) is 12.5. The van der Waals surface area contributed by atoms with Gasteiger partial charge in [-0.2, -0.15) is 8.42 Å². The molecule has 3 aliphatic heterocycles. The van der Waals surface area contributed by atoms with E-state index in [-0.39, 0.29) is 31.4 Å². The fourth-order valence-electron chi connectivity index (χ4n) is 8.41. The van der Waals surface area contributed by atoms with Crippen molar-refractivity contribution >= 4 is 22.1 Å². The summed E-state index contributed by atoms with van der Waals surface area (Å²) < 4.78 is 62.3. The highest BCUT2D eigenvalue weighted by Gasteiger charge is 2.53. The summed E-state index contributed by atoms with van der Waals surface area (Å²) in [5, 5.41) is 61.5. The van der Waals surface area contributed by atoms with Crippen molar-refractivity contribution in [2.24, 2.45) is 28.8 Å². The fraction of sp³-hybridized carbons (Fsp3) is 0.946. The Bertz CT molecular complexity index is 1390. The van der Waals surface area contributed by atoms with Crippen molar-refractivity contribution in [3.63, 3.8) is 0 Å². The number of carbonyl (C=O) groups is 2. The van der Waals surface area contributed by atoms with Gasteiger partial charge in [-0.1, -0.05) is 27.7 Å². The second-order valence-electron chi connectivity index (χ2n) is 17.0. The van der Waals surface area contributed by atoms with Crippen molar-refractivity contribution < 1.29 is 76.5 Å². The van der Waals surface area contributed by atoms with Gasteiger partial charge in [0, 0.05) is 37.3 Å². The molecule has 0 aromatic carbocycles. The molecule has 0 radical (unpaired) electrons. The summed E-state index contributed by atoms with van der Waals surface area (Å²) in [6, 6.07) is -0.324. The first-order valence-electron chi connectivity index (χ1n) is 19.2. The highest BCUT2D eigenvalue weighted by atomic mass is 32.2. The van der Waals surface area contributed by atoms with Crippen molar-refractivity contribution in [2.75, 3.05) is 21.2 Å². The second kappa shape index (κ2) is 19.8. The first kappa shape index (κ1) is 50.7. The lowest BCUT2D eigenvalue weighted by Crippen LogP contribution is -2.61. The quantitative estimate of drug-likeness (QED) is 0.136. The number of cyclic esters (lactones) is 1. The number of aliphatic hydroxyl groups excluding tert-OH is 3. The Labute approximate surface area is 332 Å². The molecule has 19 heteroatoms. The minimum Gasteiger partial charge on any atom is -0.459 e. The van der Waals surface area contributed by atoms with Gasteiger partial charge in [0.15, 0.2) is 12.6 Å². The van der Waals surface area contributed by atoms with Gasteiger partial charge in [-0.15, -0.1) is 0 Å². The fourth-order valence-corrected chi connectivity index (χ4v) is 8.41. The van der Waals surface area contributed by atoms with Gasteiger partial charge in [0.25, 0.3) is 0 Å². The third-order valence-corrected chi connectivity index (χ3v) is 11.8. The molecule has 0 saturated carbocycles. The Morgan fingerprint density at radius 3 is 1.96 bits per heavy atom. The average Bonchev–Trinajstić information content (AvgIpc) is 3.08. The number of methoxy groups -OCH3 is 1. The van der Waals surface area contributed by atoms with E-state index < -0.39 is 118 Å². The predicted molar refractivity (Wildman–Crippen MR) is 202 cm³/mol. The summed E-state index contributed by atoms with van der Waals surface area (Å²) in [7, 11) is 1.01. The predicted octanol–water partition coefficient (Wildman–Crippen LogP) is 0.534. The lowest BCUT2D eigenvalue weighted by molar-refractivity contribution is -0.318. The molecule has 0 spiro atoms. The number of ether oxygens (including phenoxy) is 6. The number of carbonyl (C=O) groups excluding carboxylic acids is 2. The van der Waals surface area contributed by atoms with Crippen LogP contribution in [0.4, 0.5) is 0 Å². The molecule has 3 rings (SSSR count). The topological polar surface area (TPSA) is 274 Å². The molecule has 0 aromatic rings. The molecule has 330 valence electrons. The number of rotatable bonds is 7. The van der Waals surface area contributed by atoms with Crippen molar-refractivity contribution in [3.05, 3.63) is 0 Å².